The van der Waals surface area contributed by atoms with Crippen LogP contribution in [0.1, 0.15) is 12.5 Å². The van der Waals surface area contributed by atoms with E-state index in [0.717, 1.165) is 5.56 Å². The standard InChI is InChI=1S/C11H12O2/c1-11(12,13-2)9-8-10-6-4-3-5-7-10/h3-7,12H,1-2H3. The first-order valence-electron chi connectivity index (χ1n) is 4.00. The lowest BCUT2D eigenvalue weighted by atomic mass is 10.2. The molecule has 0 aliphatic heterocycles. The average Bonchev–Trinajstić information content (AvgIpc) is 2.17. The third-order valence-corrected chi connectivity index (χ3v) is 1.61. The third kappa shape index (κ3) is 3.29. The SMILES string of the molecule is COC(C)(O)C#Cc1ccccc1. The predicted octanol–water partition coefficient (Wildman–Crippen LogP) is 1.39. The minimum absolute atomic E-state index is 0.861. The van der Waals surface area contributed by atoms with Crippen molar-refractivity contribution in [1.82, 2.24) is 0 Å². The Morgan fingerprint density at radius 2 is 1.92 bits per heavy atom. The van der Waals surface area contributed by atoms with Crippen molar-refractivity contribution >= 4 is 0 Å². The minimum atomic E-state index is -1.37. The summed E-state index contributed by atoms with van der Waals surface area (Å²) < 4.78 is 4.74. The van der Waals surface area contributed by atoms with E-state index in [0.29, 0.717) is 0 Å². The molecule has 0 heterocycles. The Bertz CT molecular complexity index is 317. The molecule has 0 aromatic heterocycles. The average molecular weight is 176 g/mol. The number of ether oxygens (including phenoxy) is 1. The molecule has 2 nitrogen and oxygen atoms in total. The van der Waals surface area contributed by atoms with E-state index in [1.807, 2.05) is 30.3 Å². The Hall–Kier alpha value is -1.30. The minimum Gasteiger partial charge on any atom is -0.356 e. The van der Waals surface area contributed by atoms with E-state index in [4.69, 9.17) is 4.74 Å². The predicted molar refractivity (Wildman–Crippen MR) is 51.0 cm³/mol. The monoisotopic (exact) mass is 176 g/mol. The summed E-state index contributed by atoms with van der Waals surface area (Å²) in [5.41, 5.74) is 0.861. The van der Waals surface area contributed by atoms with Gasteiger partial charge in [-0.05, 0) is 18.1 Å². The van der Waals surface area contributed by atoms with E-state index >= 15 is 0 Å². The molecule has 1 rings (SSSR count). The number of methoxy groups -OCH3 is 1. The van der Waals surface area contributed by atoms with Crippen LogP contribution in [0.5, 0.6) is 0 Å². The van der Waals surface area contributed by atoms with Crippen molar-refractivity contribution in [3.63, 3.8) is 0 Å². The van der Waals surface area contributed by atoms with E-state index in [2.05, 4.69) is 11.8 Å². The maximum atomic E-state index is 9.39. The lowest BCUT2D eigenvalue weighted by molar-refractivity contribution is -0.122. The summed E-state index contributed by atoms with van der Waals surface area (Å²) >= 11 is 0. The van der Waals surface area contributed by atoms with Crippen LogP contribution in [0.4, 0.5) is 0 Å². The number of hydrogen-bond donors (Lipinski definition) is 1. The number of hydrogen-bond acceptors (Lipinski definition) is 2. The number of benzene rings is 1. The molecule has 0 aliphatic carbocycles. The second-order valence-electron chi connectivity index (χ2n) is 2.80. The van der Waals surface area contributed by atoms with Gasteiger partial charge in [-0.2, -0.15) is 0 Å². The molecule has 1 aromatic rings. The Kier molecular flexibility index (Phi) is 3.07. The zero-order valence-electron chi connectivity index (χ0n) is 7.74. The Balaban J connectivity index is 2.79. The van der Waals surface area contributed by atoms with Crippen molar-refractivity contribution in [3.05, 3.63) is 35.9 Å². The molecule has 1 unspecified atom stereocenters. The van der Waals surface area contributed by atoms with Crippen molar-refractivity contribution in [2.24, 2.45) is 0 Å². The smallest absolute Gasteiger partial charge is 0.228 e. The third-order valence-electron chi connectivity index (χ3n) is 1.61. The lowest BCUT2D eigenvalue weighted by Crippen LogP contribution is -2.23. The fourth-order valence-corrected chi connectivity index (χ4v) is 0.761. The highest BCUT2D eigenvalue weighted by Crippen LogP contribution is 2.02. The summed E-state index contributed by atoms with van der Waals surface area (Å²) in [6.45, 7) is 1.50. The second kappa shape index (κ2) is 4.08. The molecule has 0 saturated heterocycles. The topological polar surface area (TPSA) is 29.5 Å². The summed E-state index contributed by atoms with van der Waals surface area (Å²) in [7, 11) is 1.42. The summed E-state index contributed by atoms with van der Waals surface area (Å²) in [5, 5.41) is 9.39. The summed E-state index contributed by atoms with van der Waals surface area (Å²) in [6, 6.07) is 9.45. The van der Waals surface area contributed by atoms with Gasteiger partial charge in [-0.1, -0.05) is 24.1 Å². The number of rotatable bonds is 1. The van der Waals surface area contributed by atoms with Gasteiger partial charge in [0.05, 0.1) is 0 Å². The molecule has 1 aromatic carbocycles. The first-order chi connectivity index (χ1) is 6.14. The maximum absolute atomic E-state index is 9.39. The van der Waals surface area contributed by atoms with Crippen LogP contribution in [-0.2, 0) is 4.74 Å². The van der Waals surface area contributed by atoms with E-state index in [1.54, 1.807) is 0 Å². The van der Waals surface area contributed by atoms with Crippen LogP contribution in [0.15, 0.2) is 30.3 Å². The van der Waals surface area contributed by atoms with E-state index < -0.39 is 5.79 Å². The Labute approximate surface area is 78.2 Å². The molecule has 1 N–H and O–H groups in total. The molecule has 0 fully saturated rings. The normalized spacial score (nSPS) is 14.1. The zero-order chi connectivity index (χ0) is 9.73. The van der Waals surface area contributed by atoms with Crippen molar-refractivity contribution < 1.29 is 9.84 Å². The van der Waals surface area contributed by atoms with Gasteiger partial charge in [0.2, 0.25) is 5.79 Å². The van der Waals surface area contributed by atoms with Gasteiger partial charge in [0.1, 0.15) is 0 Å². The van der Waals surface area contributed by atoms with Gasteiger partial charge in [-0.25, -0.2) is 0 Å². The van der Waals surface area contributed by atoms with Crippen molar-refractivity contribution in [2.45, 2.75) is 12.7 Å². The summed E-state index contributed by atoms with van der Waals surface area (Å²) in [4.78, 5) is 0. The molecule has 0 bridgehead atoms. The quantitative estimate of drug-likeness (QED) is 0.517. The first-order valence-corrected chi connectivity index (χ1v) is 4.00. The van der Waals surface area contributed by atoms with Gasteiger partial charge in [0.25, 0.3) is 0 Å². The van der Waals surface area contributed by atoms with Gasteiger partial charge in [-0.15, -0.1) is 0 Å². The first kappa shape index (κ1) is 9.79. The van der Waals surface area contributed by atoms with Crippen LogP contribution < -0.4 is 0 Å². The van der Waals surface area contributed by atoms with E-state index in [-0.39, 0.29) is 0 Å². The van der Waals surface area contributed by atoms with Crippen LogP contribution in [0.2, 0.25) is 0 Å². The van der Waals surface area contributed by atoms with Gasteiger partial charge in [0.15, 0.2) is 0 Å². The highest BCUT2D eigenvalue weighted by Gasteiger charge is 2.13. The summed E-state index contributed by atoms with van der Waals surface area (Å²) in [6.07, 6.45) is 0. The van der Waals surface area contributed by atoms with Crippen LogP contribution >= 0.6 is 0 Å². The van der Waals surface area contributed by atoms with Gasteiger partial charge in [0, 0.05) is 19.6 Å². The van der Waals surface area contributed by atoms with Gasteiger partial charge < -0.3 is 9.84 Å². The fraction of sp³-hybridized carbons (Fsp3) is 0.273. The van der Waals surface area contributed by atoms with Crippen molar-refractivity contribution in [1.29, 1.82) is 0 Å². The molecular weight excluding hydrogens is 164 g/mol. The highest BCUT2D eigenvalue weighted by atomic mass is 16.6. The fourth-order valence-electron chi connectivity index (χ4n) is 0.761. The second-order valence-corrected chi connectivity index (χ2v) is 2.80. The molecule has 0 saturated carbocycles. The van der Waals surface area contributed by atoms with Gasteiger partial charge >= 0.3 is 0 Å². The van der Waals surface area contributed by atoms with Gasteiger partial charge in [-0.3, -0.25) is 0 Å². The van der Waals surface area contributed by atoms with Crippen LogP contribution in [0.25, 0.3) is 0 Å². The van der Waals surface area contributed by atoms with Crippen molar-refractivity contribution in [3.8, 4) is 11.8 Å². The molecule has 0 amide bonds. The molecule has 2 heteroatoms. The largest absolute Gasteiger partial charge is 0.356 e. The molecule has 0 radical (unpaired) electrons. The van der Waals surface area contributed by atoms with Crippen LogP contribution in [0.3, 0.4) is 0 Å². The molecule has 68 valence electrons. The zero-order valence-corrected chi connectivity index (χ0v) is 7.74. The lowest BCUT2D eigenvalue weighted by Gasteiger charge is -2.12. The summed E-state index contributed by atoms with van der Waals surface area (Å²) in [5.74, 6) is 4.05. The highest BCUT2D eigenvalue weighted by molar-refractivity contribution is 5.34. The maximum Gasteiger partial charge on any atom is 0.228 e. The molecule has 0 aliphatic rings. The Morgan fingerprint density at radius 1 is 1.31 bits per heavy atom. The van der Waals surface area contributed by atoms with Crippen molar-refractivity contribution in [2.75, 3.05) is 7.11 Å². The van der Waals surface area contributed by atoms with E-state index in [9.17, 15) is 5.11 Å². The van der Waals surface area contributed by atoms with Crippen LogP contribution in [-0.4, -0.2) is 18.0 Å². The van der Waals surface area contributed by atoms with Crippen LogP contribution in [0, 0.1) is 11.8 Å². The molecule has 0 spiro atoms. The number of aliphatic hydroxyl groups is 1. The van der Waals surface area contributed by atoms with E-state index in [1.165, 1.54) is 14.0 Å². The molecular formula is C11H12O2. The molecule has 13 heavy (non-hydrogen) atoms. The molecule has 1 atom stereocenters. The Morgan fingerprint density at radius 3 is 2.46 bits per heavy atom.